The summed E-state index contributed by atoms with van der Waals surface area (Å²) in [5, 5.41) is 0. The third kappa shape index (κ3) is 3.90. The first-order chi connectivity index (χ1) is 11.1. The Labute approximate surface area is 139 Å². The Kier molecular flexibility index (Phi) is 4.63. The highest BCUT2D eigenvalue weighted by atomic mass is 32.2. The molecule has 0 aliphatic carbocycles. The number of anilines is 1. The summed E-state index contributed by atoms with van der Waals surface area (Å²) in [4.78, 5) is 5.50. The molecule has 2 aromatic carbocycles. The lowest BCUT2D eigenvalue weighted by Gasteiger charge is -2.08. The molecule has 0 radical (unpaired) electrons. The highest BCUT2D eigenvalue weighted by Gasteiger charge is 2.04. The summed E-state index contributed by atoms with van der Waals surface area (Å²) in [6, 6.07) is 19.0. The molecule has 1 aromatic heterocycles. The number of pyridine rings is 1. The fourth-order valence-corrected chi connectivity index (χ4v) is 2.97. The van der Waals surface area contributed by atoms with Crippen molar-refractivity contribution in [3.63, 3.8) is 0 Å². The predicted molar refractivity (Wildman–Crippen MR) is 95.0 cm³/mol. The molecule has 0 saturated carbocycles. The molecular formula is C19H17FN2S. The number of hydrogen-bond acceptors (Lipinski definition) is 3. The van der Waals surface area contributed by atoms with Crippen LogP contribution in [0.1, 0.15) is 11.3 Å². The second-order valence-electron chi connectivity index (χ2n) is 5.35. The summed E-state index contributed by atoms with van der Waals surface area (Å²) in [7, 11) is 0. The third-order valence-corrected chi connectivity index (χ3v) is 4.33. The maximum Gasteiger partial charge on any atom is 0.136 e. The van der Waals surface area contributed by atoms with Crippen LogP contribution < -0.4 is 4.72 Å². The van der Waals surface area contributed by atoms with E-state index in [1.807, 2.05) is 62.4 Å². The van der Waals surface area contributed by atoms with Gasteiger partial charge in [-0.1, -0.05) is 24.3 Å². The minimum atomic E-state index is -0.201. The normalized spacial score (nSPS) is 10.6. The van der Waals surface area contributed by atoms with Crippen molar-refractivity contribution in [1.29, 1.82) is 0 Å². The van der Waals surface area contributed by atoms with Crippen molar-refractivity contribution in [2.75, 3.05) is 4.72 Å². The number of aromatic nitrogens is 1. The summed E-state index contributed by atoms with van der Waals surface area (Å²) in [5.74, 6) is 0.640. The van der Waals surface area contributed by atoms with E-state index >= 15 is 0 Å². The summed E-state index contributed by atoms with van der Waals surface area (Å²) in [5.41, 5.74) is 4.06. The lowest BCUT2D eigenvalue weighted by atomic mass is 10.0. The van der Waals surface area contributed by atoms with Crippen molar-refractivity contribution in [3.8, 4) is 11.1 Å². The van der Waals surface area contributed by atoms with Crippen molar-refractivity contribution in [2.45, 2.75) is 18.7 Å². The molecule has 0 spiro atoms. The SMILES string of the molecule is Cc1cccc(NSc2ccc(-c3ccc(F)cc3C)cc2)n1. The van der Waals surface area contributed by atoms with Gasteiger partial charge in [-0.05, 0) is 78.9 Å². The van der Waals surface area contributed by atoms with Crippen LogP contribution in [0.2, 0.25) is 0 Å². The van der Waals surface area contributed by atoms with Crippen LogP contribution in [0.15, 0.2) is 65.6 Å². The first-order valence-corrected chi connectivity index (χ1v) is 8.16. The number of hydrogen-bond donors (Lipinski definition) is 1. The monoisotopic (exact) mass is 324 g/mol. The third-order valence-electron chi connectivity index (χ3n) is 3.52. The van der Waals surface area contributed by atoms with Crippen LogP contribution in [0.3, 0.4) is 0 Å². The topological polar surface area (TPSA) is 24.9 Å². The lowest BCUT2D eigenvalue weighted by molar-refractivity contribution is 0.627. The fourth-order valence-electron chi connectivity index (χ4n) is 2.36. The molecule has 0 amide bonds. The van der Waals surface area contributed by atoms with Gasteiger partial charge in [-0.25, -0.2) is 9.37 Å². The molecule has 3 rings (SSSR count). The molecule has 3 aromatic rings. The van der Waals surface area contributed by atoms with E-state index in [-0.39, 0.29) is 5.82 Å². The molecule has 0 bridgehead atoms. The van der Waals surface area contributed by atoms with Crippen LogP contribution in [-0.2, 0) is 0 Å². The maximum absolute atomic E-state index is 13.2. The lowest BCUT2D eigenvalue weighted by Crippen LogP contribution is -1.91. The average molecular weight is 324 g/mol. The maximum atomic E-state index is 13.2. The zero-order chi connectivity index (χ0) is 16.2. The zero-order valence-electron chi connectivity index (χ0n) is 13.0. The number of nitrogens with one attached hydrogen (secondary N) is 1. The van der Waals surface area contributed by atoms with Crippen molar-refractivity contribution in [3.05, 3.63) is 77.7 Å². The van der Waals surface area contributed by atoms with Gasteiger partial charge in [0.1, 0.15) is 11.6 Å². The summed E-state index contributed by atoms with van der Waals surface area (Å²) < 4.78 is 16.4. The Morgan fingerprint density at radius 1 is 0.957 bits per heavy atom. The van der Waals surface area contributed by atoms with Crippen LogP contribution >= 0.6 is 11.9 Å². The Balaban J connectivity index is 1.72. The first-order valence-electron chi connectivity index (χ1n) is 7.35. The minimum Gasteiger partial charge on any atom is -0.310 e. The average Bonchev–Trinajstić information content (AvgIpc) is 2.54. The second-order valence-corrected chi connectivity index (χ2v) is 6.23. The van der Waals surface area contributed by atoms with Crippen molar-refractivity contribution < 1.29 is 4.39 Å². The van der Waals surface area contributed by atoms with Crippen LogP contribution in [-0.4, -0.2) is 4.98 Å². The van der Waals surface area contributed by atoms with Crippen molar-refractivity contribution in [2.24, 2.45) is 0 Å². The van der Waals surface area contributed by atoms with Gasteiger partial charge >= 0.3 is 0 Å². The van der Waals surface area contributed by atoms with E-state index in [0.717, 1.165) is 33.1 Å². The van der Waals surface area contributed by atoms with E-state index in [0.29, 0.717) is 0 Å². The molecule has 0 aliphatic heterocycles. The van der Waals surface area contributed by atoms with Crippen molar-refractivity contribution in [1.82, 2.24) is 4.98 Å². The van der Waals surface area contributed by atoms with E-state index < -0.39 is 0 Å². The van der Waals surface area contributed by atoms with Gasteiger partial charge in [0.05, 0.1) is 0 Å². The van der Waals surface area contributed by atoms with Crippen LogP contribution in [0.5, 0.6) is 0 Å². The van der Waals surface area contributed by atoms with E-state index in [1.165, 1.54) is 18.0 Å². The molecule has 2 nitrogen and oxygen atoms in total. The quantitative estimate of drug-likeness (QED) is 0.630. The Hall–Kier alpha value is -2.33. The van der Waals surface area contributed by atoms with Gasteiger partial charge in [0.2, 0.25) is 0 Å². The van der Waals surface area contributed by atoms with Crippen molar-refractivity contribution >= 4 is 17.8 Å². The van der Waals surface area contributed by atoms with Gasteiger partial charge < -0.3 is 4.72 Å². The summed E-state index contributed by atoms with van der Waals surface area (Å²) in [6.45, 7) is 3.89. The highest BCUT2D eigenvalue weighted by molar-refractivity contribution is 8.00. The van der Waals surface area contributed by atoms with Crippen LogP contribution in [0, 0.1) is 19.7 Å². The minimum absolute atomic E-state index is 0.201. The largest absolute Gasteiger partial charge is 0.310 e. The summed E-state index contributed by atoms with van der Waals surface area (Å²) >= 11 is 1.52. The Morgan fingerprint density at radius 2 is 1.74 bits per heavy atom. The van der Waals surface area contributed by atoms with Gasteiger partial charge in [-0.15, -0.1) is 0 Å². The molecule has 0 atom stereocenters. The molecule has 116 valence electrons. The van der Waals surface area contributed by atoms with E-state index in [4.69, 9.17) is 0 Å². The Bertz CT molecular complexity index is 816. The second kappa shape index (κ2) is 6.84. The van der Waals surface area contributed by atoms with Crippen LogP contribution in [0.4, 0.5) is 10.2 Å². The standard InChI is InChI=1S/C19H17FN2S/c1-13-12-16(20)8-11-18(13)15-6-9-17(10-7-15)23-22-19-5-3-4-14(2)21-19/h3-12H,1-2H3,(H,21,22). The molecule has 0 aliphatic rings. The van der Waals surface area contributed by atoms with Gasteiger partial charge in [-0.2, -0.15) is 0 Å². The number of nitrogens with zero attached hydrogens (tertiary/aromatic N) is 1. The molecular weight excluding hydrogens is 307 g/mol. The zero-order valence-corrected chi connectivity index (χ0v) is 13.8. The highest BCUT2D eigenvalue weighted by Crippen LogP contribution is 2.27. The number of benzene rings is 2. The molecule has 0 unspecified atom stereocenters. The van der Waals surface area contributed by atoms with E-state index in [1.54, 1.807) is 6.07 Å². The smallest absolute Gasteiger partial charge is 0.136 e. The summed E-state index contributed by atoms with van der Waals surface area (Å²) in [6.07, 6.45) is 0. The molecule has 23 heavy (non-hydrogen) atoms. The number of halogens is 1. The van der Waals surface area contributed by atoms with Crippen LogP contribution in [0.25, 0.3) is 11.1 Å². The van der Waals surface area contributed by atoms with Gasteiger partial charge in [0.15, 0.2) is 0 Å². The Morgan fingerprint density at radius 3 is 2.43 bits per heavy atom. The number of aryl methyl sites for hydroxylation is 2. The number of rotatable bonds is 4. The van der Waals surface area contributed by atoms with Gasteiger partial charge in [-0.3, -0.25) is 0 Å². The molecule has 4 heteroatoms. The van der Waals surface area contributed by atoms with Gasteiger partial charge in [0, 0.05) is 10.6 Å². The van der Waals surface area contributed by atoms with E-state index in [9.17, 15) is 4.39 Å². The first kappa shape index (κ1) is 15.6. The fraction of sp³-hybridized carbons (Fsp3) is 0.105. The van der Waals surface area contributed by atoms with E-state index in [2.05, 4.69) is 9.71 Å². The predicted octanol–water partition coefficient (Wildman–Crippen LogP) is 5.62. The molecule has 1 N–H and O–H groups in total. The molecule has 0 saturated heterocycles. The molecule has 0 fully saturated rings. The van der Waals surface area contributed by atoms with Gasteiger partial charge in [0.25, 0.3) is 0 Å². The molecule has 1 heterocycles.